The Bertz CT molecular complexity index is 619. The first kappa shape index (κ1) is 12.4. The summed E-state index contributed by atoms with van der Waals surface area (Å²) in [6, 6.07) is 7.70. The molecule has 2 aromatic rings. The fourth-order valence-electron chi connectivity index (χ4n) is 2.59. The second-order valence-corrected chi connectivity index (χ2v) is 6.06. The molecule has 1 aromatic heterocycles. The van der Waals surface area contributed by atoms with Crippen molar-refractivity contribution in [3.8, 4) is 5.75 Å². The fourth-order valence-corrected chi connectivity index (χ4v) is 3.80. The Morgan fingerprint density at radius 3 is 2.79 bits per heavy atom. The highest BCUT2D eigenvalue weighted by molar-refractivity contribution is 7.14. The van der Waals surface area contributed by atoms with E-state index < -0.39 is 0 Å². The first-order chi connectivity index (χ1) is 9.19. The molecule has 0 amide bonds. The number of ketones is 1. The maximum atomic E-state index is 12.5. The Morgan fingerprint density at radius 1 is 1.26 bits per heavy atom. The van der Waals surface area contributed by atoms with Gasteiger partial charge in [-0.15, -0.1) is 11.3 Å². The summed E-state index contributed by atoms with van der Waals surface area (Å²) in [6.07, 6.45) is 3.49. The van der Waals surface area contributed by atoms with Crippen LogP contribution in [0.15, 0.2) is 24.3 Å². The Hall–Kier alpha value is -1.61. The largest absolute Gasteiger partial charge is 0.497 e. The molecule has 0 fully saturated rings. The van der Waals surface area contributed by atoms with Gasteiger partial charge in [0, 0.05) is 10.4 Å². The summed E-state index contributed by atoms with van der Waals surface area (Å²) < 4.78 is 5.18. The lowest BCUT2D eigenvalue weighted by Gasteiger charge is -2.06. The smallest absolute Gasteiger partial charge is 0.203 e. The lowest BCUT2D eigenvalue weighted by Crippen LogP contribution is -2.02. The van der Waals surface area contributed by atoms with Gasteiger partial charge in [-0.2, -0.15) is 0 Å². The Labute approximate surface area is 117 Å². The molecule has 0 atom stereocenters. The lowest BCUT2D eigenvalue weighted by molar-refractivity contribution is 0.104. The number of carbonyl (C=O) groups is 1. The molecule has 0 spiro atoms. The number of fused-ring (bicyclic) bond motifs is 1. The summed E-state index contributed by atoms with van der Waals surface area (Å²) >= 11 is 1.66. The molecular formula is C16H16O2S. The Kier molecular flexibility index (Phi) is 3.15. The fraction of sp³-hybridized carbons (Fsp3) is 0.312. The van der Waals surface area contributed by atoms with Crippen LogP contribution in [-0.2, 0) is 12.8 Å². The highest BCUT2D eigenvalue weighted by Crippen LogP contribution is 2.32. The van der Waals surface area contributed by atoms with E-state index in [1.807, 2.05) is 25.1 Å². The average molecular weight is 272 g/mol. The number of rotatable bonds is 3. The van der Waals surface area contributed by atoms with Crippen molar-refractivity contribution in [2.75, 3.05) is 7.11 Å². The summed E-state index contributed by atoms with van der Waals surface area (Å²) in [5.41, 5.74) is 3.12. The Morgan fingerprint density at radius 2 is 2.11 bits per heavy atom. The number of carbonyl (C=O) groups excluding carboxylic acids is 1. The topological polar surface area (TPSA) is 26.3 Å². The third kappa shape index (κ3) is 2.19. The third-order valence-electron chi connectivity index (χ3n) is 3.65. The molecule has 0 saturated heterocycles. The van der Waals surface area contributed by atoms with E-state index in [9.17, 15) is 4.79 Å². The first-order valence-corrected chi connectivity index (χ1v) is 7.31. The molecule has 1 aliphatic carbocycles. The van der Waals surface area contributed by atoms with E-state index in [1.165, 1.54) is 16.9 Å². The number of hydrogen-bond acceptors (Lipinski definition) is 3. The molecule has 2 nitrogen and oxygen atoms in total. The van der Waals surface area contributed by atoms with Crippen LogP contribution >= 0.6 is 11.3 Å². The minimum atomic E-state index is 0.138. The van der Waals surface area contributed by atoms with Gasteiger partial charge in [-0.05, 0) is 61.6 Å². The summed E-state index contributed by atoms with van der Waals surface area (Å²) in [6.45, 7) is 1.96. The van der Waals surface area contributed by atoms with E-state index in [2.05, 4.69) is 6.07 Å². The summed E-state index contributed by atoms with van der Waals surface area (Å²) in [5, 5.41) is 0. The van der Waals surface area contributed by atoms with Crippen molar-refractivity contribution in [1.29, 1.82) is 0 Å². The summed E-state index contributed by atoms with van der Waals surface area (Å²) in [4.78, 5) is 14.8. The molecule has 0 N–H and O–H groups in total. The normalized spacial score (nSPS) is 13.4. The zero-order valence-electron chi connectivity index (χ0n) is 11.2. The van der Waals surface area contributed by atoms with E-state index in [0.29, 0.717) is 0 Å². The first-order valence-electron chi connectivity index (χ1n) is 6.50. The van der Waals surface area contributed by atoms with Gasteiger partial charge in [0.05, 0.1) is 12.0 Å². The summed E-state index contributed by atoms with van der Waals surface area (Å²) in [7, 11) is 1.64. The van der Waals surface area contributed by atoms with Gasteiger partial charge in [-0.25, -0.2) is 0 Å². The van der Waals surface area contributed by atoms with Crippen LogP contribution < -0.4 is 4.74 Å². The van der Waals surface area contributed by atoms with Crippen LogP contribution in [0.5, 0.6) is 5.75 Å². The second-order valence-electron chi connectivity index (χ2n) is 4.92. The average Bonchev–Trinajstić information content (AvgIpc) is 2.98. The molecule has 1 aromatic carbocycles. The monoisotopic (exact) mass is 272 g/mol. The molecule has 19 heavy (non-hydrogen) atoms. The number of benzene rings is 1. The number of ether oxygens (including phenoxy) is 1. The van der Waals surface area contributed by atoms with Gasteiger partial charge < -0.3 is 4.74 Å². The van der Waals surface area contributed by atoms with Crippen LogP contribution in [0, 0.1) is 6.92 Å². The van der Waals surface area contributed by atoms with Crippen LogP contribution in [0.1, 0.15) is 37.7 Å². The van der Waals surface area contributed by atoms with E-state index >= 15 is 0 Å². The van der Waals surface area contributed by atoms with Crippen molar-refractivity contribution in [3.63, 3.8) is 0 Å². The van der Waals surface area contributed by atoms with Gasteiger partial charge in [-0.3, -0.25) is 4.79 Å². The maximum absolute atomic E-state index is 12.5. The predicted molar refractivity (Wildman–Crippen MR) is 77.5 cm³/mol. The zero-order chi connectivity index (χ0) is 13.4. The molecule has 1 aliphatic rings. The maximum Gasteiger partial charge on any atom is 0.203 e. The van der Waals surface area contributed by atoms with Crippen LogP contribution in [0.25, 0.3) is 0 Å². The van der Waals surface area contributed by atoms with Crippen molar-refractivity contribution >= 4 is 17.1 Å². The SMILES string of the molecule is COc1ccc(C(=O)c2cc3c(s2)CCC3)c(C)c1. The van der Waals surface area contributed by atoms with Gasteiger partial charge in [0.25, 0.3) is 0 Å². The molecule has 3 heteroatoms. The van der Waals surface area contributed by atoms with Crippen molar-refractivity contribution in [1.82, 2.24) is 0 Å². The second kappa shape index (κ2) is 4.82. The van der Waals surface area contributed by atoms with Crippen LogP contribution in [0.3, 0.4) is 0 Å². The molecule has 0 bridgehead atoms. The van der Waals surface area contributed by atoms with Crippen LogP contribution in [0.2, 0.25) is 0 Å². The van der Waals surface area contributed by atoms with Crippen molar-refractivity contribution < 1.29 is 9.53 Å². The standard InChI is InChI=1S/C16H16O2S/c1-10-8-12(18-2)6-7-13(10)16(17)15-9-11-4-3-5-14(11)19-15/h6-9H,3-5H2,1-2H3. The molecule has 3 rings (SSSR count). The molecule has 0 radical (unpaired) electrons. The number of aryl methyl sites for hydroxylation is 3. The van der Waals surface area contributed by atoms with Crippen LogP contribution in [0.4, 0.5) is 0 Å². The predicted octanol–water partition coefficient (Wildman–Crippen LogP) is 3.78. The molecule has 0 unspecified atom stereocenters. The molecular weight excluding hydrogens is 256 g/mol. The minimum absolute atomic E-state index is 0.138. The number of hydrogen-bond donors (Lipinski definition) is 0. The van der Waals surface area contributed by atoms with E-state index in [4.69, 9.17) is 4.74 Å². The van der Waals surface area contributed by atoms with Gasteiger partial charge in [0.2, 0.25) is 5.78 Å². The highest BCUT2D eigenvalue weighted by atomic mass is 32.1. The Balaban J connectivity index is 1.95. The zero-order valence-corrected chi connectivity index (χ0v) is 12.0. The number of thiophene rings is 1. The van der Waals surface area contributed by atoms with Gasteiger partial charge in [-0.1, -0.05) is 0 Å². The molecule has 1 heterocycles. The lowest BCUT2D eigenvalue weighted by atomic mass is 10.0. The molecule has 0 saturated carbocycles. The minimum Gasteiger partial charge on any atom is -0.497 e. The van der Waals surface area contributed by atoms with E-state index in [0.717, 1.165) is 34.6 Å². The highest BCUT2D eigenvalue weighted by Gasteiger charge is 2.20. The molecule has 0 aliphatic heterocycles. The molecule has 98 valence electrons. The van der Waals surface area contributed by atoms with Crippen molar-refractivity contribution in [2.45, 2.75) is 26.2 Å². The quantitative estimate of drug-likeness (QED) is 0.795. The summed E-state index contributed by atoms with van der Waals surface area (Å²) in [5.74, 6) is 0.933. The van der Waals surface area contributed by atoms with Gasteiger partial charge in [0.15, 0.2) is 0 Å². The van der Waals surface area contributed by atoms with Gasteiger partial charge in [0.1, 0.15) is 5.75 Å². The van der Waals surface area contributed by atoms with Crippen molar-refractivity contribution in [2.24, 2.45) is 0 Å². The van der Waals surface area contributed by atoms with Crippen molar-refractivity contribution in [3.05, 3.63) is 50.7 Å². The van der Waals surface area contributed by atoms with E-state index in [-0.39, 0.29) is 5.78 Å². The number of methoxy groups -OCH3 is 1. The van der Waals surface area contributed by atoms with Gasteiger partial charge >= 0.3 is 0 Å². The van der Waals surface area contributed by atoms with Crippen LogP contribution in [-0.4, -0.2) is 12.9 Å². The third-order valence-corrected chi connectivity index (χ3v) is 4.88. The van der Waals surface area contributed by atoms with E-state index in [1.54, 1.807) is 18.4 Å².